The Labute approximate surface area is 150 Å². The molecule has 0 aliphatic carbocycles. The number of fused-ring (bicyclic) bond motifs is 1. The fourth-order valence-electron chi connectivity index (χ4n) is 3.11. The van der Waals surface area contributed by atoms with Gasteiger partial charge in [-0.25, -0.2) is 4.68 Å². The summed E-state index contributed by atoms with van der Waals surface area (Å²) >= 11 is 0. The average Bonchev–Trinajstić information content (AvgIpc) is 3.30. The van der Waals surface area contributed by atoms with Crippen LogP contribution >= 0.6 is 0 Å². The van der Waals surface area contributed by atoms with Gasteiger partial charge in [-0.1, -0.05) is 18.2 Å². The highest BCUT2D eigenvalue weighted by Gasteiger charge is 2.34. The number of allylic oxidation sites excluding steroid dienone is 1. The van der Waals surface area contributed by atoms with E-state index in [1.54, 1.807) is 10.9 Å². The maximum absolute atomic E-state index is 13.1. The molecule has 0 saturated carbocycles. The van der Waals surface area contributed by atoms with E-state index in [0.29, 0.717) is 11.5 Å². The van der Waals surface area contributed by atoms with Crippen LogP contribution < -0.4 is 10.6 Å². The highest BCUT2D eigenvalue weighted by Crippen LogP contribution is 2.34. The molecule has 3 heterocycles. The quantitative estimate of drug-likeness (QED) is 0.755. The molecule has 1 aliphatic rings. The van der Waals surface area contributed by atoms with Crippen LogP contribution in [0.5, 0.6) is 0 Å². The van der Waals surface area contributed by atoms with E-state index in [9.17, 15) is 4.79 Å². The molecule has 0 bridgehead atoms. The first-order valence-electron chi connectivity index (χ1n) is 8.43. The summed E-state index contributed by atoms with van der Waals surface area (Å²) in [7, 11) is 0. The maximum atomic E-state index is 13.1. The molecule has 0 saturated heterocycles. The Hall–Kier alpha value is -3.42. The Morgan fingerprint density at radius 2 is 2.08 bits per heavy atom. The second-order valence-corrected chi connectivity index (χ2v) is 6.04. The van der Waals surface area contributed by atoms with Crippen LogP contribution in [0, 0.1) is 0 Å². The highest BCUT2D eigenvalue weighted by molar-refractivity contribution is 6.05. The first-order valence-corrected chi connectivity index (χ1v) is 8.43. The van der Waals surface area contributed by atoms with E-state index in [1.165, 1.54) is 6.33 Å². The lowest BCUT2D eigenvalue weighted by molar-refractivity contribution is -0.113. The van der Waals surface area contributed by atoms with Crippen LogP contribution in [0.4, 0.5) is 11.6 Å². The zero-order valence-corrected chi connectivity index (χ0v) is 14.5. The minimum atomic E-state index is -0.391. The Bertz CT molecular complexity index is 970. The molecule has 3 aromatic rings. The van der Waals surface area contributed by atoms with Crippen molar-refractivity contribution in [2.75, 3.05) is 10.6 Å². The molecule has 1 aromatic carbocycles. The number of nitrogens with zero attached hydrogens (tertiary/aromatic N) is 5. The smallest absolute Gasteiger partial charge is 0.255 e. The van der Waals surface area contributed by atoms with Gasteiger partial charge in [-0.2, -0.15) is 15.2 Å². The number of amides is 1. The number of carbonyl (C=O) groups is 1. The van der Waals surface area contributed by atoms with Crippen LogP contribution in [0.1, 0.15) is 25.5 Å². The molecule has 4 rings (SSSR count). The average molecular weight is 349 g/mol. The van der Waals surface area contributed by atoms with Crippen LogP contribution in [0.3, 0.4) is 0 Å². The first-order chi connectivity index (χ1) is 12.7. The monoisotopic (exact) mass is 349 g/mol. The van der Waals surface area contributed by atoms with Crippen molar-refractivity contribution >= 4 is 17.5 Å². The number of benzene rings is 1. The zero-order valence-electron chi connectivity index (χ0n) is 14.5. The predicted molar refractivity (Wildman–Crippen MR) is 97.5 cm³/mol. The van der Waals surface area contributed by atoms with Crippen molar-refractivity contribution in [3.05, 3.63) is 65.9 Å². The van der Waals surface area contributed by atoms with Gasteiger partial charge in [-0.3, -0.25) is 9.48 Å². The van der Waals surface area contributed by atoms with Gasteiger partial charge in [0.05, 0.1) is 11.8 Å². The number of hydrogen-bond acceptors (Lipinski definition) is 5. The molecule has 8 nitrogen and oxygen atoms in total. The summed E-state index contributed by atoms with van der Waals surface area (Å²) in [5.74, 6) is 0.421. The van der Waals surface area contributed by atoms with Crippen LogP contribution in [0.25, 0.3) is 0 Å². The van der Waals surface area contributed by atoms with Gasteiger partial charge in [0.2, 0.25) is 5.95 Å². The zero-order chi connectivity index (χ0) is 18.1. The number of rotatable bonds is 4. The number of aryl methyl sites for hydroxylation is 1. The fraction of sp³-hybridized carbons (Fsp3) is 0.222. The van der Waals surface area contributed by atoms with E-state index in [1.807, 2.05) is 55.1 Å². The number of nitrogens with one attached hydrogen (secondary N) is 2. The molecule has 26 heavy (non-hydrogen) atoms. The standard InChI is InChI=1S/C18H19N7O/c1-3-24-10-13(9-20-24)16-15(12(2)22-18-19-11-21-25(16)18)17(26)23-14-7-5-4-6-8-14/h4-11,16H,3H2,1-2H3,(H,23,26)(H,19,21,22)/t16-/m0/s1. The predicted octanol–water partition coefficient (Wildman–Crippen LogP) is 2.42. The molecular weight excluding hydrogens is 330 g/mol. The van der Waals surface area contributed by atoms with Gasteiger partial charge in [0, 0.05) is 29.7 Å². The van der Waals surface area contributed by atoms with Gasteiger partial charge < -0.3 is 10.6 Å². The molecule has 2 N–H and O–H groups in total. The SMILES string of the molecule is CCn1cc([C@H]2C(C(=O)Nc3ccccc3)=C(C)Nc3ncnn32)cn1. The van der Waals surface area contributed by atoms with Crippen molar-refractivity contribution in [3.63, 3.8) is 0 Å². The highest BCUT2D eigenvalue weighted by atomic mass is 16.1. The molecule has 8 heteroatoms. The Morgan fingerprint density at radius 3 is 2.81 bits per heavy atom. The molecule has 1 amide bonds. The maximum Gasteiger partial charge on any atom is 0.255 e. The van der Waals surface area contributed by atoms with Crippen LogP contribution in [0.2, 0.25) is 0 Å². The second kappa shape index (κ2) is 6.47. The molecule has 0 unspecified atom stereocenters. The third-order valence-corrected chi connectivity index (χ3v) is 4.36. The topological polar surface area (TPSA) is 89.7 Å². The van der Waals surface area contributed by atoms with Gasteiger partial charge >= 0.3 is 0 Å². The largest absolute Gasteiger partial charge is 0.328 e. The normalized spacial score (nSPS) is 16.2. The summed E-state index contributed by atoms with van der Waals surface area (Å²) in [5.41, 5.74) is 2.96. The van der Waals surface area contributed by atoms with E-state index in [4.69, 9.17) is 0 Å². The summed E-state index contributed by atoms with van der Waals surface area (Å²) in [6, 6.07) is 9.00. The van der Waals surface area contributed by atoms with Crippen molar-refractivity contribution in [1.29, 1.82) is 0 Å². The first kappa shape index (κ1) is 16.1. The number of anilines is 2. The van der Waals surface area contributed by atoms with Crippen LogP contribution in [-0.4, -0.2) is 30.5 Å². The lowest BCUT2D eigenvalue weighted by Crippen LogP contribution is -2.31. The summed E-state index contributed by atoms with van der Waals surface area (Å²) in [6.45, 7) is 4.64. The van der Waals surface area contributed by atoms with E-state index in [2.05, 4.69) is 25.8 Å². The van der Waals surface area contributed by atoms with Gasteiger partial charge in [-0.15, -0.1) is 0 Å². The molecular formula is C18H19N7O. The van der Waals surface area contributed by atoms with Gasteiger partial charge in [0.1, 0.15) is 12.4 Å². The third-order valence-electron chi connectivity index (χ3n) is 4.36. The van der Waals surface area contributed by atoms with Crippen LogP contribution in [-0.2, 0) is 11.3 Å². The van der Waals surface area contributed by atoms with Crippen molar-refractivity contribution in [1.82, 2.24) is 24.5 Å². The summed E-state index contributed by atoms with van der Waals surface area (Å²) in [5, 5.41) is 14.8. The summed E-state index contributed by atoms with van der Waals surface area (Å²) in [6.07, 6.45) is 5.18. The van der Waals surface area contributed by atoms with Crippen molar-refractivity contribution in [2.45, 2.75) is 26.4 Å². The molecule has 2 aromatic heterocycles. The Kier molecular flexibility index (Phi) is 4.00. The lowest BCUT2D eigenvalue weighted by Gasteiger charge is -2.27. The molecule has 0 spiro atoms. The van der Waals surface area contributed by atoms with Gasteiger partial charge in [0.25, 0.3) is 5.91 Å². The molecule has 0 radical (unpaired) electrons. The van der Waals surface area contributed by atoms with Gasteiger partial charge in [-0.05, 0) is 26.0 Å². The van der Waals surface area contributed by atoms with Crippen molar-refractivity contribution in [2.24, 2.45) is 0 Å². The Morgan fingerprint density at radius 1 is 1.27 bits per heavy atom. The lowest BCUT2D eigenvalue weighted by atomic mass is 9.97. The van der Waals surface area contributed by atoms with E-state index < -0.39 is 6.04 Å². The van der Waals surface area contributed by atoms with Crippen LogP contribution in [0.15, 0.2) is 60.3 Å². The minimum Gasteiger partial charge on any atom is -0.328 e. The van der Waals surface area contributed by atoms with E-state index >= 15 is 0 Å². The summed E-state index contributed by atoms with van der Waals surface area (Å²) < 4.78 is 3.54. The molecule has 1 aliphatic heterocycles. The van der Waals surface area contributed by atoms with Crippen molar-refractivity contribution < 1.29 is 4.79 Å². The number of carbonyl (C=O) groups excluding carboxylic acids is 1. The Balaban J connectivity index is 1.75. The van der Waals surface area contributed by atoms with Gasteiger partial charge in [0.15, 0.2) is 0 Å². The van der Waals surface area contributed by atoms with E-state index in [-0.39, 0.29) is 5.91 Å². The second-order valence-electron chi connectivity index (χ2n) is 6.04. The van der Waals surface area contributed by atoms with E-state index in [0.717, 1.165) is 23.5 Å². The van der Waals surface area contributed by atoms with Crippen molar-refractivity contribution in [3.8, 4) is 0 Å². The molecule has 0 fully saturated rings. The molecule has 1 atom stereocenters. The number of hydrogen-bond donors (Lipinski definition) is 2. The summed E-state index contributed by atoms with van der Waals surface area (Å²) in [4.78, 5) is 17.3. The molecule has 132 valence electrons. The minimum absolute atomic E-state index is 0.184. The fourth-order valence-corrected chi connectivity index (χ4v) is 3.11. The number of aromatic nitrogens is 5. The number of para-hydroxylation sites is 1. The third kappa shape index (κ3) is 2.75.